The number of thioether (sulfide) groups is 1. The van der Waals surface area contributed by atoms with Gasteiger partial charge in [-0.2, -0.15) is 11.8 Å². The van der Waals surface area contributed by atoms with Crippen LogP contribution in [0.2, 0.25) is 0 Å². The average molecular weight is 349 g/mol. The highest BCUT2D eigenvalue weighted by atomic mass is 32.2. The fourth-order valence-electron chi connectivity index (χ4n) is 3.25. The normalized spacial score (nSPS) is 20.1. The average Bonchev–Trinajstić information content (AvgIpc) is 3.14. The molecule has 2 aliphatic heterocycles. The van der Waals surface area contributed by atoms with Crippen LogP contribution in [0.3, 0.4) is 0 Å². The zero-order valence-electron chi connectivity index (χ0n) is 14.4. The van der Waals surface area contributed by atoms with E-state index in [1.54, 1.807) is 0 Å². The summed E-state index contributed by atoms with van der Waals surface area (Å²) in [7, 11) is 0. The Labute approximate surface area is 149 Å². The van der Waals surface area contributed by atoms with Crippen molar-refractivity contribution in [2.75, 3.05) is 49.1 Å². The Hall–Kier alpha value is -1.27. The van der Waals surface area contributed by atoms with Crippen LogP contribution in [0.15, 0.2) is 24.8 Å². The molecule has 0 radical (unpaired) electrons. The highest BCUT2D eigenvalue weighted by molar-refractivity contribution is 7.99. The smallest absolute Gasteiger partial charge is 0.233 e. The molecular weight excluding hydrogens is 320 g/mol. The zero-order chi connectivity index (χ0) is 16.6. The summed E-state index contributed by atoms with van der Waals surface area (Å²) < 4.78 is 6.14. The molecule has 0 saturated carbocycles. The molecule has 0 aliphatic carbocycles. The monoisotopic (exact) mass is 348 g/mol. The molecule has 0 spiro atoms. The summed E-state index contributed by atoms with van der Waals surface area (Å²) in [5, 5.41) is 8.69. The van der Waals surface area contributed by atoms with Gasteiger partial charge in [0, 0.05) is 37.2 Å². The lowest BCUT2D eigenvalue weighted by Gasteiger charge is -2.27. The van der Waals surface area contributed by atoms with Gasteiger partial charge in [0.25, 0.3) is 0 Å². The molecule has 2 saturated heterocycles. The highest BCUT2D eigenvalue weighted by Crippen LogP contribution is 2.20. The Balaban J connectivity index is 1.57. The van der Waals surface area contributed by atoms with Crippen molar-refractivity contribution in [3.8, 4) is 5.88 Å². The van der Waals surface area contributed by atoms with Crippen LogP contribution in [0.25, 0.3) is 0 Å². The van der Waals surface area contributed by atoms with E-state index in [0.29, 0.717) is 5.88 Å². The minimum absolute atomic E-state index is 0.160. The molecule has 0 aromatic carbocycles. The maximum atomic E-state index is 6.14. The van der Waals surface area contributed by atoms with Gasteiger partial charge in [-0.05, 0) is 44.8 Å². The molecule has 6 heteroatoms. The van der Waals surface area contributed by atoms with E-state index in [1.807, 2.05) is 30.0 Å². The lowest BCUT2D eigenvalue weighted by Crippen LogP contribution is -2.34. The first-order chi connectivity index (χ1) is 11.8. The number of likely N-dealkylation sites (tertiary alicyclic amines) is 1. The van der Waals surface area contributed by atoms with Crippen molar-refractivity contribution in [2.24, 2.45) is 0 Å². The van der Waals surface area contributed by atoms with E-state index in [2.05, 4.69) is 26.6 Å². The van der Waals surface area contributed by atoms with Gasteiger partial charge in [-0.3, -0.25) is 4.90 Å². The van der Waals surface area contributed by atoms with E-state index >= 15 is 0 Å². The van der Waals surface area contributed by atoms with Crippen molar-refractivity contribution in [3.63, 3.8) is 0 Å². The van der Waals surface area contributed by atoms with Gasteiger partial charge in [0.2, 0.25) is 5.88 Å². The Morgan fingerprint density at radius 1 is 1.17 bits per heavy atom. The Kier molecular flexibility index (Phi) is 6.78. The molecular formula is C18H28N4OS. The number of rotatable bonds is 8. The lowest BCUT2D eigenvalue weighted by molar-refractivity contribution is 0.133. The van der Waals surface area contributed by atoms with Crippen LogP contribution in [0.5, 0.6) is 5.88 Å². The zero-order valence-corrected chi connectivity index (χ0v) is 15.2. The summed E-state index contributed by atoms with van der Waals surface area (Å²) in [6, 6.07) is 4.01. The highest BCUT2D eigenvalue weighted by Gasteiger charge is 2.19. The second-order valence-electron chi connectivity index (χ2n) is 6.44. The summed E-state index contributed by atoms with van der Waals surface area (Å²) in [5.74, 6) is 3.93. The van der Waals surface area contributed by atoms with E-state index in [0.717, 1.165) is 38.3 Å². The third-order valence-electron chi connectivity index (χ3n) is 4.60. The van der Waals surface area contributed by atoms with Crippen LogP contribution in [0.4, 0.5) is 5.82 Å². The molecule has 0 amide bonds. The summed E-state index contributed by atoms with van der Waals surface area (Å²) in [6.07, 6.45) is 6.67. The van der Waals surface area contributed by atoms with Crippen LogP contribution < -0.4 is 9.64 Å². The van der Waals surface area contributed by atoms with Crippen LogP contribution in [-0.4, -0.2) is 65.4 Å². The van der Waals surface area contributed by atoms with Gasteiger partial charge in [-0.25, -0.2) is 0 Å². The standard InChI is InChI=1S/C18H28N4OS/c1-2-3-6-16(15-21-9-4-5-10-21)23-18-8-7-17(19-20-18)22-11-13-24-14-12-22/h2,7-8,16H,1,3-6,9-15H2/t16-/m0/s1. The SMILES string of the molecule is C=CCC[C@@H](CN1CCCC1)Oc1ccc(N2CCSCC2)nn1. The van der Waals surface area contributed by atoms with Crippen molar-refractivity contribution in [3.05, 3.63) is 24.8 Å². The van der Waals surface area contributed by atoms with Crippen LogP contribution in [0, 0.1) is 0 Å². The Morgan fingerprint density at radius 3 is 2.62 bits per heavy atom. The third-order valence-corrected chi connectivity index (χ3v) is 5.54. The molecule has 3 heterocycles. The number of allylic oxidation sites excluding steroid dienone is 1. The van der Waals surface area contributed by atoms with Crippen molar-refractivity contribution in [1.29, 1.82) is 0 Å². The van der Waals surface area contributed by atoms with Gasteiger partial charge < -0.3 is 9.64 Å². The molecule has 2 aliphatic rings. The molecule has 24 heavy (non-hydrogen) atoms. The number of hydrogen-bond donors (Lipinski definition) is 0. The largest absolute Gasteiger partial charge is 0.472 e. The van der Waals surface area contributed by atoms with Crippen molar-refractivity contribution in [1.82, 2.24) is 15.1 Å². The van der Waals surface area contributed by atoms with Gasteiger partial charge in [0.1, 0.15) is 6.10 Å². The third kappa shape index (κ3) is 5.11. The lowest BCUT2D eigenvalue weighted by atomic mass is 10.2. The van der Waals surface area contributed by atoms with Gasteiger partial charge in [-0.15, -0.1) is 16.8 Å². The van der Waals surface area contributed by atoms with Crippen LogP contribution in [0.1, 0.15) is 25.7 Å². The summed E-state index contributed by atoms with van der Waals surface area (Å²) in [5.41, 5.74) is 0. The van der Waals surface area contributed by atoms with E-state index in [9.17, 15) is 0 Å². The first-order valence-corrected chi connectivity index (χ1v) is 10.2. The van der Waals surface area contributed by atoms with Gasteiger partial charge in [-0.1, -0.05) is 6.08 Å². The number of anilines is 1. The molecule has 2 fully saturated rings. The minimum Gasteiger partial charge on any atom is -0.472 e. The maximum absolute atomic E-state index is 6.14. The predicted molar refractivity (Wildman–Crippen MR) is 101 cm³/mol. The maximum Gasteiger partial charge on any atom is 0.233 e. The van der Waals surface area contributed by atoms with Crippen molar-refractivity contribution < 1.29 is 4.74 Å². The quantitative estimate of drug-likeness (QED) is 0.673. The summed E-state index contributed by atoms with van der Waals surface area (Å²) in [6.45, 7) is 9.28. The number of nitrogens with zero attached hydrogens (tertiary/aromatic N) is 4. The van der Waals surface area contributed by atoms with E-state index in [-0.39, 0.29) is 6.10 Å². The van der Waals surface area contributed by atoms with Crippen molar-refractivity contribution in [2.45, 2.75) is 31.8 Å². The molecule has 1 atom stereocenters. The van der Waals surface area contributed by atoms with Crippen LogP contribution >= 0.6 is 11.8 Å². The fraction of sp³-hybridized carbons (Fsp3) is 0.667. The molecule has 3 rings (SSSR count). The minimum atomic E-state index is 0.160. The first-order valence-electron chi connectivity index (χ1n) is 9.01. The molecule has 132 valence electrons. The number of hydrogen-bond acceptors (Lipinski definition) is 6. The molecule has 1 aromatic heterocycles. The molecule has 1 aromatic rings. The van der Waals surface area contributed by atoms with Crippen molar-refractivity contribution >= 4 is 17.6 Å². The second-order valence-corrected chi connectivity index (χ2v) is 7.67. The number of aromatic nitrogens is 2. The Morgan fingerprint density at radius 2 is 1.96 bits per heavy atom. The van der Waals surface area contributed by atoms with E-state index < -0.39 is 0 Å². The second kappa shape index (κ2) is 9.28. The van der Waals surface area contributed by atoms with E-state index in [4.69, 9.17) is 4.74 Å². The molecule has 0 unspecified atom stereocenters. The fourth-order valence-corrected chi connectivity index (χ4v) is 4.16. The molecule has 0 N–H and O–H groups in total. The number of ether oxygens (including phenoxy) is 1. The summed E-state index contributed by atoms with van der Waals surface area (Å²) >= 11 is 2.00. The summed E-state index contributed by atoms with van der Waals surface area (Å²) in [4.78, 5) is 4.79. The van der Waals surface area contributed by atoms with E-state index in [1.165, 1.54) is 37.4 Å². The molecule has 0 bridgehead atoms. The van der Waals surface area contributed by atoms with Gasteiger partial charge in [0.15, 0.2) is 5.82 Å². The predicted octanol–water partition coefficient (Wildman–Crippen LogP) is 2.84. The topological polar surface area (TPSA) is 41.5 Å². The van der Waals surface area contributed by atoms with Crippen LogP contribution in [-0.2, 0) is 0 Å². The first kappa shape index (κ1) is 17.5. The molecule has 5 nitrogen and oxygen atoms in total. The van der Waals surface area contributed by atoms with Gasteiger partial charge >= 0.3 is 0 Å². The Bertz CT molecular complexity index is 498. The van der Waals surface area contributed by atoms with Gasteiger partial charge in [0.05, 0.1) is 0 Å².